The summed E-state index contributed by atoms with van der Waals surface area (Å²) in [6.45, 7) is 0.263. The van der Waals surface area contributed by atoms with Gasteiger partial charge in [0.25, 0.3) is 0 Å². The molecule has 0 spiro atoms. The molecule has 0 bridgehead atoms. The van der Waals surface area contributed by atoms with Gasteiger partial charge in [-0.05, 0) is 0 Å². The molecule has 1 aromatic rings. The van der Waals surface area contributed by atoms with Crippen molar-refractivity contribution in [2.75, 3.05) is 13.2 Å². The van der Waals surface area contributed by atoms with Crippen molar-refractivity contribution in [2.24, 2.45) is 5.73 Å². The summed E-state index contributed by atoms with van der Waals surface area (Å²) in [7, 11) is 0. The average Bonchev–Trinajstić information content (AvgIpc) is 2.87. The summed E-state index contributed by atoms with van der Waals surface area (Å²) in [6, 6.07) is 3.59. The van der Waals surface area contributed by atoms with E-state index in [2.05, 4.69) is 27.9 Å². The number of ether oxygens (including phenoxy) is 1. The molecule has 132 valence electrons. The van der Waals surface area contributed by atoms with Crippen LogP contribution in [0.3, 0.4) is 0 Å². The Balaban J connectivity index is 2.01. The van der Waals surface area contributed by atoms with Gasteiger partial charge in [0.15, 0.2) is 0 Å². The predicted molar refractivity (Wildman–Crippen MR) is 93.7 cm³/mol. The van der Waals surface area contributed by atoms with Crippen molar-refractivity contribution < 1.29 is 43.8 Å². The van der Waals surface area contributed by atoms with Crippen LogP contribution in [0.25, 0.3) is 0 Å². The molecule has 1 aliphatic heterocycles. The molecule has 8 nitrogen and oxygen atoms in total. The van der Waals surface area contributed by atoms with Crippen LogP contribution in [0.5, 0.6) is 0 Å². The Bertz CT molecular complexity index is 763. The number of imide groups is 1. The molecule has 1 aliphatic rings. The van der Waals surface area contributed by atoms with Crippen molar-refractivity contribution in [3.8, 4) is 0 Å². The first-order chi connectivity index (χ1) is 11.8. The molecule has 0 saturated carbocycles. The van der Waals surface area contributed by atoms with Gasteiger partial charge in [-0.3, -0.25) is 0 Å². The molecule has 0 aliphatic carbocycles. The molecule has 0 aromatic heterocycles. The van der Waals surface area contributed by atoms with Gasteiger partial charge in [0, 0.05) is 0 Å². The molecular weight excluding hydrogens is 638 g/mol. The number of carbonyl (C=O) groups is 3. The molecule has 0 atom stereocenters. The Morgan fingerprint density at radius 1 is 1.32 bits per heavy atom. The molecule has 0 saturated heterocycles. The minimum atomic E-state index is -0.529. The summed E-state index contributed by atoms with van der Waals surface area (Å²) in [4.78, 5) is 36.2. The Hall–Kier alpha value is -1.55. The fraction of sp³-hybridized carbons (Fsp3) is 0.200. The van der Waals surface area contributed by atoms with Crippen LogP contribution in [0.1, 0.15) is 15.9 Å². The normalized spacial score (nSPS) is 13.3. The fourth-order valence-corrected chi connectivity index (χ4v) is 3.52. The van der Waals surface area contributed by atoms with Crippen molar-refractivity contribution in [3.63, 3.8) is 0 Å². The first-order valence-electron chi connectivity index (χ1n) is 7.06. The molecule has 25 heavy (non-hydrogen) atoms. The van der Waals surface area contributed by atoms with Crippen molar-refractivity contribution >= 4 is 49.6 Å². The van der Waals surface area contributed by atoms with Crippen molar-refractivity contribution in [1.29, 1.82) is 5.41 Å². The quantitative estimate of drug-likeness (QED) is 0.126. The predicted octanol–water partition coefficient (Wildman–Crippen LogP) is -0.469. The van der Waals surface area contributed by atoms with E-state index >= 15 is 0 Å². The topological polar surface area (TPSA) is 126 Å². The maximum absolute atomic E-state index is 12.3. The van der Waals surface area contributed by atoms with Gasteiger partial charge < -0.3 is 0 Å². The zero-order chi connectivity index (χ0) is 18.6. The summed E-state index contributed by atoms with van der Waals surface area (Å²) >= 11 is 3.49. The number of rotatable bonds is 6. The first-order valence-corrected chi connectivity index (χ1v) is 9.61. The van der Waals surface area contributed by atoms with Gasteiger partial charge in [0.05, 0.1) is 0 Å². The van der Waals surface area contributed by atoms with Crippen LogP contribution >= 0.6 is 22.6 Å². The van der Waals surface area contributed by atoms with Crippen LogP contribution in [0, 0.1) is 33.7 Å². The van der Waals surface area contributed by atoms with E-state index in [9.17, 15) is 14.4 Å². The van der Waals surface area contributed by atoms with E-state index < -0.39 is 17.8 Å². The van der Waals surface area contributed by atoms with E-state index in [0.717, 1.165) is 17.3 Å². The third kappa shape index (κ3) is 5.21. The minimum absolute atomic E-state index is 0.0149. The number of nitrogens with two attached hydrogens (primary N) is 1. The van der Waals surface area contributed by atoms with E-state index in [0.29, 0.717) is 12.1 Å². The van der Waals surface area contributed by atoms with Crippen molar-refractivity contribution in [1.82, 2.24) is 10.2 Å². The van der Waals surface area contributed by atoms with E-state index in [4.69, 9.17) is 15.9 Å². The van der Waals surface area contributed by atoms with Gasteiger partial charge in [-0.1, -0.05) is 0 Å². The average molecular weight is 652 g/mol. The number of benzene rings is 1. The summed E-state index contributed by atoms with van der Waals surface area (Å²) < 4.78 is 6.93. The molecule has 2 rings (SSSR count). The van der Waals surface area contributed by atoms with Crippen LogP contribution in [-0.4, -0.2) is 41.8 Å². The second kappa shape index (κ2) is 8.71. The number of carbonyl (C=O) groups excluding carboxylic acids is 3. The van der Waals surface area contributed by atoms with Crippen molar-refractivity contribution in [3.05, 3.63) is 39.0 Å². The number of amides is 2. The molecule has 4 N–H and O–H groups in total. The van der Waals surface area contributed by atoms with E-state index in [1.54, 1.807) is 6.07 Å². The SMILES string of the molecule is N=C(N)NCc1cc([211At])c(I)c(C(=O)OCCN2C(=O)C=CC2=O)c1. The summed E-state index contributed by atoms with van der Waals surface area (Å²) in [6.07, 6.45) is 2.37. The first kappa shape index (κ1) is 19.8. The third-order valence-corrected chi connectivity index (χ3v) is 6.99. The maximum atomic E-state index is 12.3. The zero-order valence-electron chi connectivity index (χ0n) is 12.8. The summed E-state index contributed by atoms with van der Waals surface area (Å²) in [5.41, 5.74) is 6.47. The second-order valence-corrected chi connectivity index (χ2v) is 7.67. The molecule has 2 amide bonds. The summed E-state index contributed by atoms with van der Waals surface area (Å²) in [5, 5.41) is 9.88. The standard InChI is InChI=1S/C15H14AtIN4O4/c16-10-6-8(7-20-15(18)19)5-9(13(10)17)14(24)25-4-3-21-11(22)1-2-12(21)23/h1-2,5-6H,3-4,7H2,(H4,18,19,20)/i16+1. The van der Waals surface area contributed by atoms with Gasteiger partial charge in [0.1, 0.15) is 0 Å². The van der Waals surface area contributed by atoms with Gasteiger partial charge in [-0.15, -0.1) is 0 Å². The molecule has 1 heterocycles. The fourth-order valence-electron chi connectivity index (χ4n) is 2.05. The Kier molecular flexibility index (Phi) is 6.89. The van der Waals surface area contributed by atoms with Gasteiger partial charge in [0.2, 0.25) is 0 Å². The Morgan fingerprint density at radius 3 is 2.56 bits per heavy atom. The number of nitrogens with one attached hydrogen (secondary N) is 2. The van der Waals surface area contributed by atoms with Crippen LogP contribution in [0.15, 0.2) is 24.3 Å². The van der Waals surface area contributed by atoms with E-state index in [1.165, 1.54) is 36.9 Å². The number of hydrogen-bond donors (Lipinski definition) is 3. The zero-order valence-corrected chi connectivity index (χ0v) is 17.9. The number of hydrogen-bond acceptors (Lipinski definition) is 5. The molecule has 10 heteroatoms. The monoisotopic (exact) mass is 652 g/mol. The Morgan fingerprint density at radius 2 is 1.96 bits per heavy atom. The van der Waals surface area contributed by atoms with Gasteiger partial charge >= 0.3 is 173 Å². The van der Waals surface area contributed by atoms with E-state index in [-0.39, 0.29) is 19.1 Å². The number of guanidine groups is 1. The van der Waals surface area contributed by atoms with Gasteiger partial charge in [-0.2, -0.15) is 0 Å². The number of esters is 1. The van der Waals surface area contributed by atoms with Crippen LogP contribution in [-0.2, 0) is 20.9 Å². The van der Waals surface area contributed by atoms with Crippen LogP contribution < -0.4 is 14.3 Å². The second-order valence-electron chi connectivity index (χ2n) is 5.00. The molecular formula is C15H14AtIN4O4. The molecule has 0 unspecified atom stereocenters. The van der Waals surface area contributed by atoms with Crippen LogP contribution in [0.4, 0.5) is 0 Å². The summed E-state index contributed by atoms with van der Waals surface area (Å²) in [5.74, 6) is -1.50. The number of nitrogens with zero attached hydrogens (tertiary/aromatic N) is 1. The Labute approximate surface area is 172 Å². The van der Waals surface area contributed by atoms with Crippen LogP contribution in [0.2, 0.25) is 0 Å². The number of halogens is 1. The van der Waals surface area contributed by atoms with E-state index in [1.807, 2.05) is 6.07 Å². The third-order valence-electron chi connectivity index (χ3n) is 3.24. The molecule has 0 radical (unpaired) electrons. The van der Waals surface area contributed by atoms with Gasteiger partial charge in [-0.25, -0.2) is 0 Å². The van der Waals surface area contributed by atoms with Crippen molar-refractivity contribution in [2.45, 2.75) is 6.54 Å². The molecule has 1 aromatic carbocycles. The molecule has 0 fully saturated rings.